The van der Waals surface area contributed by atoms with Gasteiger partial charge in [0.2, 0.25) is 0 Å². The topological polar surface area (TPSA) is 62.4 Å². The molecule has 154 valence electrons. The van der Waals surface area contributed by atoms with Gasteiger partial charge in [0, 0.05) is 22.0 Å². The molecule has 2 heterocycles. The van der Waals surface area contributed by atoms with Gasteiger partial charge in [-0.1, -0.05) is 36.4 Å². The maximum Gasteiger partial charge on any atom is 0.325 e. The molecule has 0 spiro atoms. The molecule has 1 aromatic heterocycles. The Hall–Kier alpha value is -3.93. The number of nitrogens with zero attached hydrogens (tertiary/aromatic N) is 1. The van der Waals surface area contributed by atoms with Crippen molar-refractivity contribution in [1.82, 2.24) is 9.88 Å². The third-order valence-corrected chi connectivity index (χ3v) is 5.74. The molecule has 0 bridgehead atoms. The van der Waals surface area contributed by atoms with Crippen molar-refractivity contribution in [1.29, 1.82) is 0 Å². The van der Waals surface area contributed by atoms with E-state index >= 15 is 0 Å². The van der Waals surface area contributed by atoms with Crippen LogP contribution in [0.3, 0.4) is 0 Å². The molecule has 4 aromatic rings. The van der Waals surface area contributed by atoms with Crippen molar-refractivity contribution in [3.05, 3.63) is 95.3 Å². The van der Waals surface area contributed by atoms with E-state index in [4.69, 9.17) is 4.74 Å². The number of hydrogen-bond donors (Lipinski definition) is 1. The highest BCUT2D eigenvalue weighted by Crippen LogP contribution is 2.45. The fraction of sp³-hybridized carbons (Fsp3) is 0.120. The summed E-state index contributed by atoms with van der Waals surface area (Å²) in [5.74, 6) is -1.04. The van der Waals surface area contributed by atoms with Crippen LogP contribution in [0.5, 0.6) is 0 Å². The van der Waals surface area contributed by atoms with Gasteiger partial charge in [-0.2, -0.15) is 0 Å². The summed E-state index contributed by atoms with van der Waals surface area (Å²) >= 11 is 0. The van der Waals surface area contributed by atoms with Gasteiger partial charge in [0.15, 0.2) is 0 Å². The number of carbonyl (C=O) groups excluding carboxylic acids is 2. The summed E-state index contributed by atoms with van der Waals surface area (Å²) in [6.45, 7) is -0.170. The van der Waals surface area contributed by atoms with Crippen molar-refractivity contribution < 1.29 is 18.7 Å². The number of aromatic amines is 1. The Kier molecular flexibility index (Phi) is 4.55. The molecule has 0 fully saturated rings. The Bertz CT molecular complexity index is 1310. The Morgan fingerprint density at radius 3 is 2.52 bits per heavy atom. The van der Waals surface area contributed by atoms with E-state index in [-0.39, 0.29) is 18.3 Å². The minimum absolute atomic E-state index is 0.170. The molecule has 0 aliphatic carbocycles. The van der Waals surface area contributed by atoms with Gasteiger partial charge in [-0.25, -0.2) is 4.39 Å². The van der Waals surface area contributed by atoms with E-state index in [0.717, 1.165) is 33.3 Å². The Morgan fingerprint density at radius 1 is 1.03 bits per heavy atom. The number of rotatable bonds is 4. The molecular formula is C25H19FN2O3. The molecule has 0 saturated carbocycles. The number of carbonyl (C=O) groups is 2. The second-order valence-electron chi connectivity index (χ2n) is 7.47. The lowest BCUT2D eigenvalue weighted by Crippen LogP contribution is -2.34. The summed E-state index contributed by atoms with van der Waals surface area (Å²) < 4.78 is 18.4. The number of nitrogens with one attached hydrogen (secondary N) is 1. The third kappa shape index (κ3) is 3.08. The van der Waals surface area contributed by atoms with Gasteiger partial charge in [0.25, 0.3) is 5.91 Å². The SMILES string of the molecule is COC(=O)CN1C(=O)c2ccccc2[C@@H]1c1c(-c2ccc(F)cc2)[nH]c2ccccc12. The monoisotopic (exact) mass is 414 g/mol. The van der Waals surface area contributed by atoms with Crippen molar-refractivity contribution in [3.8, 4) is 11.3 Å². The first-order valence-corrected chi connectivity index (χ1v) is 9.91. The number of methoxy groups -OCH3 is 1. The summed E-state index contributed by atoms with van der Waals surface area (Å²) in [4.78, 5) is 30.4. The molecule has 0 radical (unpaired) electrons. The second-order valence-corrected chi connectivity index (χ2v) is 7.47. The molecule has 0 saturated heterocycles. The molecule has 5 rings (SSSR count). The van der Waals surface area contributed by atoms with E-state index in [1.165, 1.54) is 19.2 Å². The minimum Gasteiger partial charge on any atom is -0.468 e. The average Bonchev–Trinajstić information content (AvgIpc) is 3.30. The summed E-state index contributed by atoms with van der Waals surface area (Å²) in [5.41, 5.74) is 4.72. The van der Waals surface area contributed by atoms with Gasteiger partial charge < -0.3 is 14.6 Å². The van der Waals surface area contributed by atoms with Crippen molar-refractivity contribution in [3.63, 3.8) is 0 Å². The predicted octanol–water partition coefficient (Wildman–Crippen LogP) is 4.69. The van der Waals surface area contributed by atoms with Crippen LogP contribution in [-0.2, 0) is 9.53 Å². The first kappa shape index (κ1) is 19.1. The normalized spacial score (nSPS) is 15.4. The van der Waals surface area contributed by atoms with Crippen LogP contribution in [0.2, 0.25) is 0 Å². The van der Waals surface area contributed by atoms with Crippen molar-refractivity contribution in [2.45, 2.75) is 6.04 Å². The standard InChI is InChI=1S/C25H19FN2O3/c1-31-21(29)14-28-24(17-6-2-3-7-18(17)25(28)30)22-19-8-4-5-9-20(19)27-23(22)15-10-12-16(26)13-11-15/h2-13,24,27H,14H2,1H3/t24-/m1/s1. The second kappa shape index (κ2) is 7.40. The largest absolute Gasteiger partial charge is 0.468 e. The van der Waals surface area contributed by atoms with E-state index in [9.17, 15) is 14.0 Å². The average molecular weight is 414 g/mol. The van der Waals surface area contributed by atoms with Gasteiger partial charge in [-0.05, 0) is 47.5 Å². The zero-order valence-corrected chi connectivity index (χ0v) is 16.8. The van der Waals surface area contributed by atoms with Crippen LogP contribution in [0.25, 0.3) is 22.2 Å². The Balaban J connectivity index is 1.78. The lowest BCUT2D eigenvalue weighted by atomic mass is 9.93. The third-order valence-electron chi connectivity index (χ3n) is 5.74. The molecular weight excluding hydrogens is 395 g/mol. The number of esters is 1. The number of halogens is 1. The maximum absolute atomic E-state index is 13.6. The van der Waals surface area contributed by atoms with Crippen LogP contribution >= 0.6 is 0 Å². The van der Waals surface area contributed by atoms with E-state index in [1.807, 2.05) is 42.5 Å². The molecule has 1 N–H and O–H groups in total. The van der Waals surface area contributed by atoms with E-state index in [2.05, 4.69) is 4.98 Å². The molecule has 31 heavy (non-hydrogen) atoms. The molecule has 6 heteroatoms. The van der Waals surface area contributed by atoms with E-state index in [0.29, 0.717) is 5.56 Å². The molecule has 5 nitrogen and oxygen atoms in total. The van der Waals surface area contributed by atoms with Gasteiger partial charge >= 0.3 is 5.97 Å². The zero-order valence-electron chi connectivity index (χ0n) is 16.8. The zero-order chi connectivity index (χ0) is 21.5. The van der Waals surface area contributed by atoms with Gasteiger partial charge in [-0.15, -0.1) is 0 Å². The molecule has 1 aliphatic rings. The maximum atomic E-state index is 13.6. The van der Waals surface area contributed by atoms with Crippen molar-refractivity contribution in [2.75, 3.05) is 13.7 Å². The first-order valence-electron chi connectivity index (χ1n) is 9.91. The number of fused-ring (bicyclic) bond motifs is 2. The number of aromatic nitrogens is 1. The number of ether oxygens (including phenoxy) is 1. The Morgan fingerprint density at radius 2 is 1.74 bits per heavy atom. The van der Waals surface area contributed by atoms with Gasteiger partial charge in [-0.3, -0.25) is 9.59 Å². The van der Waals surface area contributed by atoms with E-state index < -0.39 is 12.0 Å². The first-order chi connectivity index (χ1) is 15.1. The molecule has 3 aromatic carbocycles. The summed E-state index contributed by atoms with van der Waals surface area (Å²) in [6.07, 6.45) is 0. The highest BCUT2D eigenvalue weighted by Gasteiger charge is 2.41. The fourth-order valence-corrected chi connectivity index (χ4v) is 4.34. The van der Waals surface area contributed by atoms with Crippen LogP contribution in [0.1, 0.15) is 27.5 Å². The molecule has 1 aliphatic heterocycles. The van der Waals surface area contributed by atoms with Crippen molar-refractivity contribution >= 4 is 22.8 Å². The number of amides is 1. The van der Waals surface area contributed by atoms with Crippen LogP contribution in [0.4, 0.5) is 4.39 Å². The fourth-order valence-electron chi connectivity index (χ4n) is 4.34. The van der Waals surface area contributed by atoms with Crippen LogP contribution in [0.15, 0.2) is 72.8 Å². The number of para-hydroxylation sites is 1. The summed E-state index contributed by atoms with van der Waals surface area (Å²) in [6, 6.07) is 20.9. The highest BCUT2D eigenvalue weighted by molar-refractivity contribution is 6.03. The minimum atomic E-state index is -0.491. The number of hydrogen-bond acceptors (Lipinski definition) is 3. The number of H-pyrrole nitrogens is 1. The molecule has 1 amide bonds. The van der Waals surface area contributed by atoms with Crippen LogP contribution < -0.4 is 0 Å². The number of benzene rings is 3. The lowest BCUT2D eigenvalue weighted by molar-refractivity contribution is -0.141. The smallest absolute Gasteiger partial charge is 0.325 e. The summed E-state index contributed by atoms with van der Waals surface area (Å²) in [7, 11) is 1.31. The molecule has 1 atom stereocenters. The van der Waals surface area contributed by atoms with E-state index in [1.54, 1.807) is 23.1 Å². The quantitative estimate of drug-likeness (QED) is 0.493. The predicted molar refractivity (Wildman–Crippen MR) is 115 cm³/mol. The summed E-state index contributed by atoms with van der Waals surface area (Å²) in [5, 5.41) is 0.936. The highest BCUT2D eigenvalue weighted by atomic mass is 19.1. The van der Waals surface area contributed by atoms with Crippen LogP contribution in [-0.4, -0.2) is 35.4 Å². The van der Waals surface area contributed by atoms with Crippen molar-refractivity contribution in [2.24, 2.45) is 0 Å². The Labute approximate surface area is 178 Å². The lowest BCUT2D eigenvalue weighted by Gasteiger charge is -2.25. The van der Waals surface area contributed by atoms with Gasteiger partial charge in [0.05, 0.1) is 18.8 Å². The van der Waals surface area contributed by atoms with Gasteiger partial charge in [0.1, 0.15) is 12.4 Å². The molecule has 0 unspecified atom stereocenters. The van der Waals surface area contributed by atoms with Crippen LogP contribution in [0, 0.1) is 5.82 Å².